The van der Waals surface area contributed by atoms with Crippen molar-refractivity contribution < 1.29 is 55.3 Å². The Labute approximate surface area is 309 Å². The molecule has 0 bridgehead atoms. The van der Waals surface area contributed by atoms with Gasteiger partial charge in [-0.05, 0) is 83.4 Å². The van der Waals surface area contributed by atoms with Crippen LogP contribution in [-0.4, -0.2) is 88.1 Å². The number of fused-ring (bicyclic) bond motifs is 5. The summed E-state index contributed by atoms with van der Waals surface area (Å²) in [6.45, 7) is 3.07. The number of carbonyl (C=O) groups is 4. The molecule has 2 aromatic rings. The van der Waals surface area contributed by atoms with Crippen LogP contribution >= 0.6 is 0 Å². The number of nitrogens with one attached hydrogen (secondary N) is 3. The number of aromatic nitrogens is 1. The molecule has 54 heavy (non-hydrogen) atoms. The first-order valence-corrected chi connectivity index (χ1v) is 19.6. The molecule has 3 aliphatic heterocycles. The third-order valence-corrected chi connectivity index (χ3v) is 13.6. The van der Waals surface area contributed by atoms with Crippen LogP contribution in [-0.2, 0) is 30.8 Å². The number of ether oxygens (including phenoxy) is 2. The highest BCUT2D eigenvalue weighted by atomic mass is 32.2. The summed E-state index contributed by atoms with van der Waals surface area (Å²) in [5, 5.41) is 15.2. The minimum Gasteiger partial charge on any atom is -0.483 e. The van der Waals surface area contributed by atoms with E-state index in [2.05, 4.69) is 25.1 Å². The number of rotatable bonds is 5. The highest BCUT2D eigenvalue weighted by Gasteiger charge is 2.64. The Morgan fingerprint density at radius 2 is 1.89 bits per heavy atom. The van der Waals surface area contributed by atoms with Crippen molar-refractivity contribution in [1.82, 2.24) is 25.2 Å². The number of carboxylic acid groups (broad SMARTS) is 1. The second-order valence-electron chi connectivity index (χ2n) is 15.4. The molecule has 1 saturated heterocycles. The fourth-order valence-electron chi connectivity index (χ4n) is 8.02. The summed E-state index contributed by atoms with van der Waals surface area (Å²) in [6.07, 6.45) is 1.35. The minimum atomic E-state index is -4.91. The van der Waals surface area contributed by atoms with Crippen molar-refractivity contribution >= 4 is 44.7 Å². The molecule has 2 saturated carbocycles. The number of alkyl halides is 3. The zero-order chi connectivity index (χ0) is 38.8. The van der Waals surface area contributed by atoms with Crippen LogP contribution in [0.1, 0.15) is 82.4 Å². The zero-order valence-corrected chi connectivity index (χ0v) is 30.6. The van der Waals surface area contributed by atoms with Gasteiger partial charge in [0, 0.05) is 23.3 Å². The number of nitrogens with zero attached hydrogens (tertiary/aromatic N) is 2. The molecule has 1 aromatic heterocycles. The molecule has 18 heteroatoms. The lowest BCUT2D eigenvalue weighted by molar-refractivity contribution is -0.274. The van der Waals surface area contributed by atoms with Gasteiger partial charge in [0.15, 0.2) is 0 Å². The van der Waals surface area contributed by atoms with Gasteiger partial charge in [0.2, 0.25) is 21.8 Å². The Kier molecular flexibility index (Phi) is 9.29. The maximum atomic E-state index is 14.4. The number of allylic oxidation sites excluding steroid dienone is 1. The van der Waals surface area contributed by atoms with Crippen LogP contribution in [0.15, 0.2) is 30.4 Å². The highest BCUT2D eigenvalue weighted by molar-refractivity contribution is 7.91. The zero-order valence-electron chi connectivity index (χ0n) is 29.8. The monoisotopic (exact) mass is 777 g/mol. The third kappa shape index (κ3) is 7.15. The Hall–Kier alpha value is -4.61. The highest BCUT2D eigenvalue weighted by Crippen LogP contribution is 2.49. The molecule has 3 fully saturated rings. The quantitative estimate of drug-likeness (QED) is 0.321. The number of benzene rings is 1. The van der Waals surface area contributed by atoms with Crippen LogP contribution in [0.5, 0.6) is 11.5 Å². The number of aryl methyl sites for hydroxylation is 2. The van der Waals surface area contributed by atoms with Gasteiger partial charge in [-0.25, -0.2) is 18.2 Å². The molecular formula is C36H42F3N5O9S. The number of carbonyl (C=O) groups excluding carboxylic acids is 3. The molecule has 5 aliphatic rings. The average molecular weight is 778 g/mol. The third-order valence-electron chi connectivity index (χ3n) is 11.5. The van der Waals surface area contributed by atoms with Gasteiger partial charge in [0.05, 0.1) is 22.5 Å². The number of pyridine rings is 1. The van der Waals surface area contributed by atoms with Gasteiger partial charge < -0.3 is 30.1 Å². The van der Waals surface area contributed by atoms with Crippen molar-refractivity contribution in [3.05, 3.63) is 41.6 Å². The largest absolute Gasteiger partial charge is 0.573 e. The summed E-state index contributed by atoms with van der Waals surface area (Å²) in [4.78, 5) is 60.2. The summed E-state index contributed by atoms with van der Waals surface area (Å²) in [5.41, 5.74) is -1.38. The molecular weight excluding hydrogens is 735 g/mol. The van der Waals surface area contributed by atoms with E-state index in [1.54, 1.807) is 19.9 Å². The van der Waals surface area contributed by atoms with Crippen LogP contribution in [0.4, 0.5) is 18.0 Å². The maximum absolute atomic E-state index is 14.4. The molecule has 1 aromatic carbocycles. The van der Waals surface area contributed by atoms with E-state index < -0.39 is 79.8 Å². The number of hydrogen-bond acceptors (Lipinski definition) is 9. The maximum Gasteiger partial charge on any atom is 0.573 e. The Morgan fingerprint density at radius 1 is 1.13 bits per heavy atom. The Bertz CT molecular complexity index is 2060. The van der Waals surface area contributed by atoms with Crippen LogP contribution in [0, 0.1) is 12.8 Å². The molecule has 4 heterocycles. The van der Waals surface area contributed by atoms with Gasteiger partial charge in [0.1, 0.15) is 34.7 Å². The Morgan fingerprint density at radius 3 is 2.59 bits per heavy atom. The van der Waals surface area contributed by atoms with Gasteiger partial charge in [-0.15, -0.1) is 13.2 Å². The summed E-state index contributed by atoms with van der Waals surface area (Å²) >= 11 is 0. The molecule has 7 rings (SSSR count). The summed E-state index contributed by atoms with van der Waals surface area (Å²) in [6, 6.07) is 1.38. The summed E-state index contributed by atoms with van der Waals surface area (Å²) < 4.78 is 77.3. The first-order valence-electron chi connectivity index (χ1n) is 18.1. The lowest BCUT2D eigenvalue weighted by atomic mass is 9.87. The molecule has 292 valence electrons. The van der Waals surface area contributed by atoms with Gasteiger partial charge in [-0.1, -0.05) is 25.0 Å². The number of amides is 4. The van der Waals surface area contributed by atoms with Crippen molar-refractivity contribution in [2.75, 3.05) is 6.54 Å². The average Bonchev–Trinajstić information content (AvgIpc) is 3.98. The predicted molar refractivity (Wildman–Crippen MR) is 186 cm³/mol. The molecule has 2 aliphatic carbocycles. The van der Waals surface area contributed by atoms with Crippen LogP contribution in [0.2, 0.25) is 0 Å². The molecule has 4 amide bonds. The first-order chi connectivity index (χ1) is 25.3. The van der Waals surface area contributed by atoms with Gasteiger partial charge in [-0.3, -0.25) is 19.1 Å². The van der Waals surface area contributed by atoms with Crippen molar-refractivity contribution in [3.8, 4) is 11.5 Å². The number of halogens is 3. The van der Waals surface area contributed by atoms with E-state index in [1.165, 1.54) is 23.1 Å². The lowest BCUT2D eigenvalue weighted by Crippen LogP contribution is -2.58. The van der Waals surface area contributed by atoms with E-state index in [9.17, 15) is 45.9 Å². The van der Waals surface area contributed by atoms with Crippen molar-refractivity contribution in [2.24, 2.45) is 5.92 Å². The first kappa shape index (κ1) is 37.7. The van der Waals surface area contributed by atoms with E-state index in [0.29, 0.717) is 60.7 Å². The fraction of sp³-hybridized carbons (Fsp3) is 0.583. The van der Waals surface area contributed by atoms with Crippen molar-refractivity contribution in [2.45, 2.75) is 119 Å². The topological polar surface area (TPSA) is 193 Å². The second kappa shape index (κ2) is 13.3. The molecule has 4 N–H and O–H groups in total. The van der Waals surface area contributed by atoms with E-state index >= 15 is 0 Å². The van der Waals surface area contributed by atoms with Crippen LogP contribution in [0.3, 0.4) is 0 Å². The van der Waals surface area contributed by atoms with Crippen molar-refractivity contribution in [3.63, 3.8) is 0 Å². The number of sulfonamides is 1. The van der Waals surface area contributed by atoms with Crippen LogP contribution in [0.25, 0.3) is 10.9 Å². The Balaban J connectivity index is 1.23. The van der Waals surface area contributed by atoms with E-state index in [0.717, 1.165) is 0 Å². The normalized spacial score (nSPS) is 29.4. The standard InChI is InChI=1S/C36H42F3N5O9S/c1-20-28-23(24-16-22(52-36(37,38)39)10-11-25(24)40-20)12-13-34(53-28)18-27-29(45)42-35(31(47)43-54(50,51)33(2)14-15-33)17-21(35)8-6-4-3-5-7-9-26(41-32(48)49)30(46)44(27)19-34/h6,8,10-11,16,21,26-27,41H,3-5,7,9,12-15,17-19H2,1-2H3,(H,42,45)(H,43,47)(H,48,49)/t21-,26+,27+,34-,35-/m1/s1. The van der Waals surface area contributed by atoms with Gasteiger partial charge in [-0.2, -0.15) is 0 Å². The molecule has 0 radical (unpaired) electrons. The minimum absolute atomic E-state index is 0.0763. The molecule has 14 nitrogen and oxygen atoms in total. The number of hydrogen-bond donors (Lipinski definition) is 4. The van der Waals surface area contributed by atoms with Gasteiger partial charge >= 0.3 is 12.5 Å². The van der Waals surface area contributed by atoms with E-state index in [-0.39, 0.29) is 44.4 Å². The van der Waals surface area contributed by atoms with E-state index in [4.69, 9.17) is 4.74 Å². The predicted octanol–water partition coefficient (Wildman–Crippen LogP) is 4.14. The SMILES string of the molecule is Cc1nc2ccc(OC(F)(F)F)cc2c2c1O[C@]1(CC2)C[C@H]2C(=O)N[C@]3(C(=O)NS(=O)(=O)C4(C)CC4)C[C@H]3C=CCCCCC[C@H](NC(=O)O)C(=O)N2C1. The van der Waals surface area contributed by atoms with Gasteiger partial charge in [0.25, 0.3) is 5.91 Å². The fourth-order valence-corrected chi connectivity index (χ4v) is 9.33. The second-order valence-corrected chi connectivity index (χ2v) is 17.6. The van der Waals surface area contributed by atoms with E-state index in [1.807, 2.05) is 6.08 Å². The molecule has 5 atom stereocenters. The smallest absolute Gasteiger partial charge is 0.483 e. The molecule has 1 spiro atoms. The van der Waals surface area contributed by atoms with Crippen LogP contribution < -0.4 is 24.8 Å². The lowest BCUT2D eigenvalue weighted by Gasteiger charge is -2.36. The summed E-state index contributed by atoms with van der Waals surface area (Å²) in [5.74, 6) is -2.92. The molecule has 0 unspecified atom stereocenters. The summed E-state index contributed by atoms with van der Waals surface area (Å²) in [7, 11) is -4.05. The van der Waals surface area contributed by atoms with Crippen molar-refractivity contribution in [1.29, 1.82) is 0 Å².